The fourth-order valence-corrected chi connectivity index (χ4v) is 1.71. The molecule has 3 N–H and O–H groups in total. The maximum atomic E-state index is 12.0. The fraction of sp³-hybridized carbons (Fsp3) is 0.167. The van der Waals surface area contributed by atoms with Gasteiger partial charge in [0.25, 0.3) is 5.91 Å². The summed E-state index contributed by atoms with van der Waals surface area (Å²) in [5.74, 6) is -0.300. The molecule has 1 aromatic heterocycles. The Labute approximate surface area is 110 Å². The number of aryl methyl sites for hydroxylation is 1. The molecule has 0 aliphatic heterocycles. The molecule has 0 bridgehead atoms. The summed E-state index contributed by atoms with van der Waals surface area (Å²) in [6.45, 7) is 2.71. The zero-order chi connectivity index (χ0) is 13.1. The molecule has 0 atom stereocenters. The van der Waals surface area contributed by atoms with Crippen LogP contribution in [-0.2, 0) is 6.54 Å². The maximum absolute atomic E-state index is 12.0. The Morgan fingerprint density at radius 1 is 1.56 bits per heavy atom. The van der Waals surface area contributed by atoms with Gasteiger partial charge in [0.05, 0.1) is 28.2 Å². The highest BCUT2D eigenvalue weighted by molar-refractivity contribution is 6.34. The third-order valence-electron chi connectivity index (χ3n) is 2.51. The minimum atomic E-state index is -0.300. The normalized spacial score (nSPS) is 10.3. The number of rotatable bonds is 3. The number of nitrogens with two attached hydrogens (primary N) is 1. The second-order valence-corrected chi connectivity index (χ2v) is 4.15. The third-order valence-corrected chi connectivity index (χ3v) is 2.84. The van der Waals surface area contributed by atoms with E-state index < -0.39 is 0 Å². The van der Waals surface area contributed by atoms with E-state index in [1.807, 2.05) is 6.92 Å². The molecule has 2 aromatic rings. The number of hydrogen-bond donors (Lipinski definition) is 2. The van der Waals surface area contributed by atoms with Crippen LogP contribution < -0.4 is 11.1 Å². The Kier molecular flexibility index (Phi) is 3.53. The van der Waals surface area contributed by atoms with Crippen molar-refractivity contribution in [2.45, 2.75) is 13.5 Å². The number of nitrogens with zero attached hydrogens (tertiary/aromatic N) is 2. The van der Waals surface area contributed by atoms with Crippen molar-refractivity contribution in [1.29, 1.82) is 0 Å². The molecule has 5 nitrogen and oxygen atoms in total. The highest BCUT2D eigenvalue weighted by Crippen LogP contribution is 2.23. The van der Waals surface area contributed by atoms with Crippen LogP contribution in [0.1, 0.15) is 17.3 Å². The summed E-state index contributed by atoms with van der Waals surface area (Å²) in [7, 11) is 0. The Hall–Kier alpha value is -2.01. The lowest BCUT2D eigenvalue weighted by Crippen LogP contribution is -2.13. The number of aromatic nitrogens is 2. The van der Waals surface area contributed by atoms with E-state index in [9.17, 15) is 4.79 Å². The van der Waals surface area contributed by atoms with Crippen LogP contribution in [0.5, 0.6) is 0 Å². The number of nitrogens with one attached hydrogen (secondary N) is 1. The molecule has 0 aliphatic rings. The number of hydrogen-bond acceptors (Lipinski definition) is 3. The lowest BCUT2D eigenvalue weighted by atomic mass is 10.1. The predicted molar refractivity (Wildman–Crippen MR) is 71.7 cm³/mol. The van der Waals surface area contributed by atoms with Gasteiger partial charge in [-0.05, 0) is 19.1 Å². The fourth-order valence-electron chi connectivity index (χ4n) is 1.53. The standard InChI is InChI=1S/C12H13ClN4O/c1-2-17-7-8(6-15-17)16-12(18)9-4-3-5-10(13)11(9)14/h3-7H,2,14H2,1H3,(H,16,18). The van der Waals surface area contributed by atoms with E-state index in [1.165, 1.54) is 0 Å². The van der Waals surface area contributed by atoms with E-state index in [-0.39, 0.29) is 11.6 Å². The topological polar surface area (TPSA) is 72.9 Å². The number of carbonyl (C=O) groups is 1. The molecular formula is C12H13ClN4O. The van der Waals surface area contributed by atoms with Crippen molar-refractivity contribution < 1.29 is 4.79 Å². The molecule has 0 spiro atoms. The third kappa shape index (κ3) is 2.46. The second kappa shape index (κ2) is 5.10. The predicted octanol–water partition coefficient (Wildman–Crippen LogP) is 2.39. The Morgan fingerprint density at radius 2 is 2.33 bits per heavy atom. The first-order valence-corrected chi connectivity index (χ1v) is 5.87. The van der Waals surface area contributed by atoms with Crippen molar-refractivity contribution in [3.8, 4) is 0 Å². The van der Waals surface area contributed by atoms with Crippen LogP contribution in [0, 0.1) is 0 Å². The number of carbonyl (C=O) groups excluding carboxylic acids is 1. The number of anilines is 2. The van der Waals surface area contributed by atoms with Crippen LogP contribution in [0.2, 0.25) is 5.02 Å². The molecule has 1 heterocycles. The average molecular weight is 265 g/mol. The van der Waals surface area contributed by atoms with Crippen LogP contribution in [0.25, 0.3) is 0 Å². The lowest BCUT2D eigenvalue weighted by Gasteiger charge is -2.06. The Balaban J connectivity index is 2.19. The number of nitrogen functional groups attached to an aromatic ring is 1. The monoisotopic (exact) mass is 264 g/mol. The number of benzene rings is 1. The van der Waals surface area contributed by atoms with Crippen LogP contribution in [-0.4, -0.2) is 15.7 Å². The van der Waals surface area contributed by atoms with E-state index in [2.05, 4.69) is 10.4 Å². The largest absolute Gasteiger partial charge is 0.397 e. The summed E-state index contributed by atoms with van der Waals surface area (Å²) in [4.78, 5) is 12.0. The summed E-state index contributed by atoms with van der Waals surface area (Å²) < 4.78 is 1.72. The first-order chi connectivity index (χ1) is 8.61. The molecule has 2 rings (SSSR count). The van der Waals surface area contributed by atoms with Crippen molar-refractivity contribution in [2.24, 2.45) is 0 Å². The van der Waals surface area contributed by atoms with Gasteiger partial charge in [0, 0.05) is 12.7 Å². The highest BCUT2D eigenvalue weighted by Gasteiger charge is 2.12. The van der Waals surface area contributed by atoms with E-state index >= 15 is 0 Å². The van der Waals surface area contributed by atoms with Crippen LogP contribution >= 0.6 is 11.6 Å². The van der Waals surface area contributed by atoms with Gasteiger partial charge in [-0.15, -0.1) is 0 Å². The van der Waals surface area contributed by atoms with Crippen LogP contribution in [0.4, 0.5) is 11.4 Å². The van der Waals surface area contributed by atoms with Gasteiger partial charge in [-0.1, -0.05) is 17.7 Å². The highest BCUT2D eigenvalue weighted by atomic mass is 35.5. The van der Waals surface area contributed by atoms with Gasteiger partial charge in [-0.3, -0.25) is 9.48 Å². The van der Waals surface area contributed by atoms with Gasteiger partial charge in [0.2, 0.25) is 0 Å². The molecule has 94 valence electrons. The van der Waals surface area contributed by atoms with Crippen molar-refractivity contribution in [1.82, 2.24) is 9.78 Å². The van der Waals surface area contributed by atoms with Crippen molar-refractivity contribution in [3.63, 3.8) is 0 Å². The number of para-hydroxylation sites is 1. The Bertz CT molecular complexity index is 579. The average Bonchev–Trinajstić information content (AvgIpc) is 2.80. The van der Waals surface area contributed by atoms with E-state index in [0.717, 1.165) is 6.54 Å². The van der Waals surface area contributed by atoms with Gasteiger partial charge < -0.3 is 11.1 Å². The van der Waals surface area contributed by atoms with Crippen molar-refractivity contribution in [3.05, 3.63) is 41.2 Å². The summed E-state index contributed by atoms with van der Waals surface area (Å²) in [5.41, 5.74) is 7.01. The van der Waals surface area contributed by atoms with Gasteiger partial charge in [0.15, 0.2) is 0 Å². The summed E-state index contributed by atoms with van der Waals surface area (Å²) in [6.07, 6.45) is 3.33. The van der Waals surface area contributed by atoms with Gasteiger partial charge in [-0.25, -0.2) is 0 Å². The lowest BCUT2D eigenvalue weighted by molar-refractivity contribution is 0.102. The Morgan fingerprint density at radius 3 is 3.00 bits per heavy atom. The van der Waals surface area contributed by atoms with Crippen molar-refractivity contribution >= 4 is 28.9 Å². The zero-order valence-electron chi connectivity index (χ0n) is 9.85. The summed E-state index contributed by atoms with van der Waals surface area (Å²) in [6, 6.07) is 4.95. The van der Waals surface area contributed by atoms with Gasteiger partial charge in [0.1, 0.15) is 0 Å². The molecular weight excluding hydrogens is 252 g/mol. The van der Waals surface area contributed by atoms with Gasteiger partial charge in [-0.2, -0.15) is 5.10 Å². The molecule has 0 saturated heterocycles. The van der Waals surface area contributed by atoms with E-state index in [0.29, 0.717) is 16.3 Å². The molecule has 1 amide bonds. The van der Waals surface area contributed by atoms with Crippen LogP contribution in [0.15, 0.2) is 30.6 Å². The van der Waals surface area contributed by atoms with Crippen LogP contribution in [0.3, 0.4) is 0 Å². The quantitative estimate of drug-likeness (QED) is 0.836. The molecule has 0 radical (unpaired) electrons. The smallest absolute Gasteiger partial charge is 0.257 e. The molecule has 6 heteroatoms. The molecule has 0 aliphatic carbocycles. The molecule has 0 unspecified atom stereocenters. The molecule has 0 fully saturated rings. The van der Waals surface area contributed by atoms with E-state index in [1.54, 1.807) is 35.3 Å². The summed E-state index contributed by atoms with van der Waals surface area (Å²) >= 11 is 5.87. The molecule has 1 aromatic carbocycles. The van der Waals surface area contributed by atoms with Crippen molar-refractivity contribution in [2.75, 3.05) is 11.1 Å². The minimum absolute atomic E-state index is 0.277. The maximum Gasteiger partial charge on any atom is 0.257 e. The first kappa shape index (κ1) is 12.4. The number of halogens is 1. The van der Waals surface area contributed by atoms with E-state index in [4.69, 9.17) is 17.3 Å². The molecule has 18 heavy (non-hydrogen) atoms. The SMILES string of the molecule is CCn1cc(NC(=O)c2cccc(Cl)c2N)cn1. The number of amides is 1. The van der Waals surface area contributed by atoms with Gasteiger partial charge >= 0.3 is 0 Å². The second-order valence-electron chi connectivity index (χ2n) is 3.74. The zero-order valence-corrected chi connectivity index (χ0v) is 10.6. The first-order valence-electron chi connectivity index (χ1n) is 5.49. The minimum Gasteiger partial charge on any atom is -0.397 e. The summed E-state index contributed by atoms with van der Waals surface area (Å²) in [5, 5.41) is 7.15. The molecule has 0 saturated carbocycles.